The molecule has 3 aromatic heterocycles. The second-order valence-corrected chi connectivity index (χ2v) is 8.24. The van der Waals surface area contributed by atoms with Crippen LogP contribution in [-0.2, 0) is 0 Å². The van der Waals surface area contributed by atoms with Gasteiger partial charge in [0, 0.05) is 28.9 Å². The van der Waals surface area contributed by atoms with Crippen LogP contribution in [0.1, 0.15) is 12.8 Å². The first-order valence-corrected chi connectivity index (χ1v) is 10.8. The van der Waals surface area contributed by atoms with Gasteiger partial charge < -0.3 is 10.6 Å². The van der Waals surface area contributed by atoms with Crippen LogP contribution < -0.4 is 10.6 Å². The van der Waals surface area contributed by atoms with Gasteiger partial charge in [-0.15, -0.1) is 0 Å². The fourth-order valence-corrected chi connectivity index (χ4v) is 4.14. The molecule has 4 aromatic rings. The number of halogens is 2. The second kappa shape index (κ2) is 8.61. The Balaban J connectivity index is 1.45. The molecular formula is C23H22ClFN6. The average Bonchev–Trinajstić information content (AvgIpc) is 3.29. The van der Waals surface area contributed by atoms with Gasteiger partial charge in [0.1, 0.15) is 11.5 Å². The number of hydrogen-bond acceptors (Lipinski definition) is 5. The van der Waals surface area contributed by atoms with E-state index < -0.39 is 0 Å². The molecule has 1 aromatic carbocycles. The third-order valence-electron chi connectivity index (χ3n) is 5.69. The first-order valence-electron chi connectivity index (χ1n) is 10.4. The largest absolute Gasteiger partial charge is 0.383 e. The van der Waals surface area contributed by atoms with Crippen molar-refractivity contribution in [2.24, 2.45) is 5.92 Å². The normalized spacial score (nSPS) is 14.8. The number of aromatic nitrogens is 4. The monoisotopic (exact) mass is 436 g/mol. The summed E-state index contributed by atoms with van der Waals surface area (Å²) in [6.07, 6.45) is 5.92. The lowest BCUT2D eigenvalue weighted by molar-refractivity contribution is 0.390. The number of piperidine rings is 1. The molecule has 158 valence electrons. The highest BCUT2D eigenvalue weighted by atomic mass is 35.5. The van der Waals surface area contributed by atoms with Gasteiger partial charge in [0.25, 0.3) is 0 Å². The summed E-state index contributed by atoms with van der Waals surface area (Å²) < 4.78 is 14.4. The topological polar surface area (TPSA) is 78.5 Å². The first kappa shape index (κ1) is 19.9. The Morgan fingerprint density at radius 1 is 1.06 bits per heavy atom. The first-order chi connectivity index (χ1) is 15.2. The van der Waals surface area contributed by atoms with E-state index in [0.717, 1.165) is 36.4 Å². The van der Waals surface area contributed by atoms with E-state index in [1.54, 1.807) is 12.3 Å². The van der Waals surface area contributed by atoms with Crippen molar-refractivity contribution in [3.05, 3.63) is 59.6 Å². The van der Waals surface area contributed by atoms with Crippen molar-refractivity contribution in [3.63, 3.8) is 0 Å². The van der Waals surface area contributed by atoms with E-state index in [4.69, 9.17) is 16.6 Å². The zero-order valence-electron chi connectivity index (χ0n) is 16.8. The van der Waals surface area contributed by atoms with Crippen LogP contribution in [0, 0.1) is 11.7 Å². The summed E-state index contributed by atoms with van der Waals surface area (Å²) in [6, 6.07) is 10.2. The Hall–Kier alpha value is -3.03. The molecule has 0 bridgehead atoms. The van der Waals surface area contributed by atoms with Gasteiger partial charge in [-0.3, -0.25) is 10.1 Å². The molecule has 5 rings (SSSR count). The summed E-state index contributed by atoms with van der Waals surface area (Å²) in [4.78, 5) is 9.32. The Morgan fingerprint density at radius 3 is 2.81 bits per heavy atom. The van der Waals surface area contributed by atoms with Crippen LogP contribution in [0.3, 0.4) is 0 Å². The van der Waals surface area contributed by atoms with E-state index >= 15 is 0 Å². The van der Waals surface area contributed by atoms with Crippen LogP contribution in [0.2, 0.25) is 5.02 Å². The number of H-pyrrole nitrogens is 1. The Morgan fingerprint density at radius 2 is 1.94 bits per heavy atom. The Labute approximate surface area is 184 Å². The van der Waals surface area contributed by atoms with Crippen LogP contribution in [0.5, 0.6) is 0 Å². The van der Waals surface area contributed by atoms with E-state index in [1.165, 1.54) is 25.0 Å². The molecule has 6 nitrogen and oxygen atoms in total. The summed E-state index contributed by atoms with van der Waals surface area (Å²) in [5, 5.41) is 14.4. The van der Waals surface area contributed by atoms with Crippen molar-refractivity contribution >= 4 is 28.3 Å². The molecule has 0 saturated carbocycles. The number of aromatic amines is 1. The lowest BCUT2D eigenvalue weighted by atomic mass is 9.98. The summed E-state index contributed by atoms with van der Waals surface area (Å²) in [5.41, 5.74) is 4.72. The molecule has 0 spiro atoms. The van der Waals surface area contributed by atoms with E-state index in [0.29, 0.717) is 33.5 Å². The maximum atomic E-state index is 14.4. The molecule has 4 heterocycles. The van der Waals surface area contributed by atoms with E-state index in [1.807, 2.05) is 24.4 Å². The van der Waals surface area contributed by atoms with Gasteiger partial charge >= 0.3 is 0 Å². The smallest absolute Gasteiger partial charge is 0.132 e. The molecule has 0 unspecified atom stereocenters. The van der Waals surface area contributed by atoms with Crippen molar-refractivity contribution in [2.75, 3.05) is 25.0 Å². The van der Waals surface area contributed by atoms with Crippen LogP contribution >= 0.6 is 11.6 Å². The van der Waals surface area contributed by atoms with Crippen LogP contribution in [-0.4, -0.2) is 39.8 Å². The molecule has 1 saturated heterocycles. The fraction of sp³-hybridized carbons (Fsp3) is 0.261. The van der Waals surface area contributed by atoms with Gasteiger partial charge in [-0.2, -0.15) is 5.10 Å². The number of benzene rings is 1. The maximum absolute atomic E-state index is 14.4. The highest BCUT2D eigenvalue weighted by Crippen LogP contribution is 2.33. The molecule has 0 radical (unpaired) electrons. The molecule has 0 amide bonds. The summed E-state index contributed by atoms with van der Waals surface area (Å²) in [6.45, 7) is 3.08. The molecule has 8 heteroatoms. The van der Waals surface area contributed by atoms with Crippen molar-refractivity contribution in [2.45, 2.75) is 12.8 Å². The zero-order chi connectivity index (χ0) is 21.2. The minimum atomic E-state index is -0.385. The standard InChI is InChI=1S/C23H22ClFN6/c24-15-1-2-19(25)17(9-15)23-18(13-29-31-23)20-3-4-21-22(30-20)10-16(12-28-21)27-11-14-5-7-26-8-6-14/h1-4,9-10,12-14,26-27H,5-8,11H2,(H,29,31). The van der Waals surface area contributed by atoms with Crippen LogP contribution in [0.15, 0.2) is 48.8 Å². The third-order valence-corrected chi connectivity index (χ3v) is 5.93. The van der Waals surface area contributed by atoms with Crippen LogP contribution in [0.4, 0.5) is 10.1 Å². The predicted molar refractivity (Wildman–Crippen MR) is 122 cm³/mol. The average molecular weight is 437 g/mol. The molecular weight excluding hydrogens is 415 g/mol. The predicted octanol–water partition coefficient (Wildman–Crippen LogP) is 4.89. The molecule has 1 aliphatic heterocycles. The van der Waals surface area contributed by atoms with E-state index in [2.05, 4.69) is 25.8 Å². The highest BCUT2D eigenvalue weighted by molar-refractivity contribution is 6.30. The Bertz CT molecular complexity index is 1220. The minimum absolute atomic E-state index is 0.334. The quantitative estimate of drug-likeness (QED) is 0.415. The van der Waals surface area contributed by atoms with Gasteiger partial charge in [0.2, 0.25) is 0 Å². The lowest BCUT2D eigenvalue weighted by Gasteiger charge is -2.23. The van der Waals surface area contributed by atoms with Crippen molar-refractivity contribution in [3.8, 4) is 22.5 Å². The molecule has 31 heavy (non-hydrogen) atoms. The van der Waals surface area contributed by atoms with Crippen LogP contribution in [0.25, 0.3) is 33.5 Å². The molecule has 0 atom stereocenters. The minimum Gasteiger partial charge on any atom is -0.383 e. The number of pyridine rings is 2. The number of hydrogen-bond donors (Lipinski definition) is 3. The maximum Gasteiger partial charge on any atom is 0.132 e. The van der Waals surface area contributed by atoms with Gasteiger partial charge in [0.15, 0.2) is 0 Å². The SMILES string of the molecule is Fc1ccc(Cl)cc1-c1n[nH]cc1-c1ccc2ncc(NCC3CCNCC3)cc2n1. The third kappa shape index (κ3) is 4.24. The number of nitrogens with zero attached hydrogens (tertiary/aromatic N) is 3. The van der Waals surface area contributed by atoms with Crippen molar-refractivity contribution in [1.29, 1.82) is 0 Å². The van der Waals surface area contributed by atoms with Crippen molar-refractivity contribution < 1.29 is 4.39 Å². The summed E-state index contributed by atoms with van der Waals surface area (Å²) in [7, 11) is 0. The summed E-state index contributed by atoms with van der Waals surface area (Å²) in [5.74, 6) is 0.280. The molecule has 0 aliphatic carbocycles. The number of nitrogens with one attached hydrogen (secondary N) is 3. The van der Waals surface area contributed by atoms with Gasteiger partial charge in [-0.25, -0.2) is 9.37 Å². The lowest BCUT2D eigenvalue weighted by Crippen LogP contribution is -2.31. The Kier molecular flexibility index (Phi) is 5.53. The number of rotatable bonds is 5. The van der Waals surface area contributed by atoms with E-state index in [-0.39, 0.29) is 5.82 Å². The van der Waals surface area contributed by atoms with Crippen molar-refractivity contribution in [1.82, 2.24) is 25.5 Å². The second-order valence-electron chi connectivity index (χ2n) is 7.80. The number of fused-ring (bicyclic) bond motifs is 1. The molecule has 1 aliphatic rings. The molecule has 3 N–H and O–H groups in total. The van der Waals surface area contributed by atoms with Gasteiger partial charge in [0.05, 0.1) is 28.6 Å². The highest BCUT2D eigenvalue weighted by Gasteiger charge is 2.17. The van der Waals surface area contributed by atoms with Gasteiger partial charge in [-0.05, 0) is 68.2 Å². The van der Waals surface area contributed by atoms with Gasteiger partial charge in [-0.1, -0.05) is 11.6 Å². The fourth-order valence-electron chi connectivity index (χ4n) is 3.97. The van der Waals surface area contributed by atoms with E-state index in [9.17, 15) is 4.39 Å². The number of anilines is 1. The zero-order valence-corrected chi connectivity index (χ0v) is 17.6. The molecule has 1 fully saturated rings. The summed E-state index contributed by atoms with van der Waals surface area (Å²) >= 11 is 6.07.